The van der Waals surface area contributed by atoms with Crippen LogP contribution in [0.25, 0.3) is 5.65 Å². The van der Waals surface area contributed by atoms with E-state index >= 15 is 0 Å². The monoisotopic (exact) mass is 351 g/mol. The van der Waals surface area contributed by atoms with Gasteiger partial charge in [0.25, 0.3) is 11.7 Å². The number of carbonyl (C=O) groups is 1. The van der Waals surface area contributed by atoms with Gasteiger partial charge in [0.2, 0.25) is 12.0 Å². The van der Waals surface area contributed by atoms with Gasteiger partial charge in [-0.2, -0.15) is 13.2 Å². The molecule has 6 nitrogen and oxygen atoms in total. The number of ether oxygens (including phenoxy) is 1. The van der Waals surface area contributed by atoms with E-state index in [1.165, 1.54) is 13.2 Å². The van der Waals surface area contributed by atoms with Crippen molar-refractivity contribution in [3.8, 4) is 11.8 Å². The molecule has 0 fully saturated rings. The van der Waals surface area contributed by atoms with Crippen molar-refractivity contribution in [3.05, 3.63) is 54.0 Å². The van der Waals surface area contributed by atoms with Gasteiger partial charge in [-0.3, -0.25) is 4.79 Å². The number of alkyl halides is 3. The molecule has 3 aromatic rings. The Morgan fingerprint density at radius 2 is 2.00 bits per heavy atom. The number of fused-ring (bicyclic) bond motifs is 1. The molecular formula is C16H12F3N3O3. The Kier molecular flexibility index (Phi) is 4.07. The summed E-state index contributed by atoms with van der Waals surface area (Å²) in [6.07, 6.45) is -4.13. The van der Waals surface area contributed by atoms with Crippen LogP contribution in [0.15, 0.2) is 42.7 Å². The van der Waals surface area contributed by atoms with E-state index in [1.807, 2.05) is 0 Å². The Bertz CT molecular complexity index is 936. The molecule has 0 N–H and O–H groups in total. The van der Waals surface area contributed by atoms with Crippen LogP contribution in [0, 0.1) is 0 Å². The zero-order valence-electron chi connectivity index (χ0n) is 12.9. The summed E-state index contributed by atoms with van der Waals surface area (Å²) in [6.45, 7) is -0.0864. The highest BCUT2D eigenvalue weighted by molar-refractivity contribution is 6.00. The molecule has 0 saturated carbocycles. The molecule has 0 bridgehead atoms. The lowest BCUT2D eigenvalue weighted by Crippen LogP contribution is -2.28. The van der Waals surface area contributed by atoms with Gasteiger partial charge >= 0.3 is 6.18 Å². The minimum atomic E-state index is -5.17. The summed E-state index contributed by atoms with van der Waals surface area (Å²) in [5.41, 5.74) is -0.258. The van der Waals surface area contributed by atoms with Crippen LogP contribution < -0.4 is 14.2 Å². The summed E-state index contributed by atoms with van der Waals surface area (Å²) < 4.78 is 45.7. The molecule has 0 spiro atoms. The van der Waals surface area contributed by atoms with Gasteiger partial charge in [0, 0.05) is 0 Å². The van der Waals surface area contributed by atoms with Gasteiger partial charge in [-0.05, 0) is 5.56 Å². The van der Waals surface area contributed by atoms with Gasteiger partial charge in [0.05, 0.1) is 25.6 Å². The highest BCUT2D eigenvalue weighted by Crippen LogP contribution is 2.27. The number of halogens is 3. The first-order valence-electron chi connectivity index (χ1n) is 7.13. The SMILES string of the molecule is COc1cc2n(Cc3ccccc3)c(C(=O)C(F)(F)F)c([O-])[n+]2cn1. The Hall–Kier alpha value is -3.10. The number of methoxy groups -OCH3 is 1. The van der Waals surface area contributed by atoms with Crippen LogP contribution in [-0.2, 0) is 6.54 Å². The molecule has 0 saturated heterocycles. The number of hydrogen-bond acceptors (Lipinski definition) is 4. The average molecular weight is 351 g/mol. The van der Waals surface area contributed by atoms with Crippen molar-refractivity contribution in [1.29, 1.82) is 0 Å². The fourth-order valence-corrected chi connectivity index (χ4v) is 2.49. The van der Waals surface area contributed by atoms with E-state index in [2.05, 4.69) is 4.98 Å². The molecule has 0 unspecified atom stereocenters. The Morgan fingerprint density at radius 1 is 1.32 bits per heavy atom. The van der Waals surface area contributed by atoms with Crippen LogP contribution in [0.4, 0.5) is 13.2 Å². The van der Waals surface area contributed by atoms with Gasteiger partial charge in [-0.1, -0.05) is 35.3 Å². The molecule has 25 heavy (non-hydrogen) atoms. The normalized spacial score (nSPS) is 11.7. The van der Waals surface area contributed by atoms with Gasteiger partial charge in [-0.15, -0.1) is 0 Å². The van der Waals surface area contributed by atoms with Gasteiger partial charge in [-0.25, -0.2) is 8.97 Å². The number of aromatic nitrogens is 3. The molecule has 2 heterocycles. The highest BCUT2D eigenvalue weighted by Gasteiger charge is 2.44. The Balaban J connectivity index is 2.27. The van der Waals surface area contributed by atoms with E-state index in [0.717, 1.165) is 15.3 Å². The van der Waals surface area contributed by atoms with E-state index < -0.39 is 23.5 Å². The minimum Gasteiger partial charge on any atom is -0.846 e. The van der Waals surface area contributed by atoms with Crippen LogP contribution >= 0.6 is 0 Å². The molecular weight excluding hydrogens is 339 g/mol. The summed E-state index contributed by atoms with van der Waals surface area (Å²) >= 11 is 0. The molecule has 0 aliphatic heterocycles. The van der Waals surface area contributed by atoms with E-state index in [0.29, 0.717) is 5.56 Å². The second kappa shape index (κ2) is 6.08. The maximum atomic E-state index is 13.0. The van der Waals surface area contributed by atoms with Crippen LogP contribution in [-0.4, -0.2) is 28.6 Å². The molecule has 0 amide bonds. The van der Waals surface area contributed by atoms with Crippen LogP contribution in [0.1, 0.15) is 16.1 Å². The van der Waals surface area contributed by atoms with E-state index in [-0.39, 0.29) is 18.1 Å². The molecule has 0 atom stereocenters. The molecule has 0 radical (unpaired) electrons. The van der Waals surface area contributed by atoms with E-state index in [4.69, 9.17) is 4.74 Å². The van der Waals surface area contributed by atoms with Gasteiger partial charge < -0.3 is 9.84 Å². The predicted octanol–water partition coefficient (Wildman–Crippen LogP) is 1.50. The molecule has 0 aliphatic rings. The third kappa shape index (κ3) is 3.00. The summed E-state index contributed by atoms with van der Waals surface area (Å²) in [5, 5.41) is 12.4. The summed E-state index contributed by atoms with van der Waals surface area (Å²) in [6, 6.07) is 9.83. The third-order valence-electron chi connectivity index (χ3n) is 3.63. The number of hydrogen-bond donors (Lipinski definition) is 0. The number of benzene rings is 1. The minimum absolute atomic E-state index is 0.0771. The molecule has 130 valence electrons. The molecule has 3 rings (SSSR count). The second-order valence-electron chi connectivity index (χ2n) is 5.21. The zero-order valence-corrected chi connectivity index (χ0v) is 12.9. The van der Waals surface area contributed by atoms with Crippen LogP contribution in [0.2, 0.25) is 0 Å². The van der Waals surface area contributed by atoms with Crippen LogP contribution in [0.3, 0.4) is 0 Å². The van der Waals surface area contributed by atoms with Crippen molar-refractivity contribution in [3.63, 3.8) is 0 Å². The number of ketones is 1. The van der Waals surface area contributed by atoms with E-state index in [1.54, 1.807) is 30.3 Å². The Morgan fingerprint density at radius 3 is 2.60 bits per heavy atom. The lowest BCUT2D eigenvalue weighted by Gasteiger charge is -2.09. The molecule has 9 heteroatoms. The first-order chi connectivity index (χ1) is 11.8. The summed E-state index contributed by atoms with van der Waals surface area (Å²) in [7, 11) is 1.34. The topological polar surface area (TPSA) is 71.3 Å². The van der Waals surface area contributed by atoms with Crippen molar-refractivity contribution >= 4 is 11.4 Å². The largest absolute Gasteiger partial charge is 0.846 e. The first kappa shape index (κ1) is 16.7. The van der Waals surface area contributed by atoms with Gasteiger partial charge in [0.1, 0.15) is 0 Å². The summed E-state index contributed by atoms with van der Waals surface area (Å²) in [4.78, 5) is 15.6. The maximum Gasteiger partial charge on any atom is 0.458 e. The van der Waals surface area contributed by atoms with E-state index in [9.17, 15) is 23.1 Å². The third-order valence-corrected chi connectivity index (χ3v) is 3.63. The zero-order chi connectivity index (χ0) is 18.2. The maximum absolute atomic E-state index is 13.0. The fraction of sp³-hybridized carbons (Fsp3) is 0.188. The second-order valence-corrected chi connectivity index (χ2v) is 5.21. The van der Waals surface area contributed by atoms with Crippen molar-refractivity contribution in [2.24, 2.45) is 0 Å². The van der Waals surface area contributed by atoms with Crippen molar-refractivity contribution in [2.75, 3.05) is 7.11 Å². The Labute approximate surface area is 139 Å². The molecule has 0 aliphatic carbocycles. The lowest BCUT2D eigenvalue weighted by atomic mass is 10.2. The van der Waals surface area contributed by atoms with Crippen molar-refractivity contribution in [1.82, 2.24) is 9.55 Å². The smallest absolute Gasteiger partial charge is 0.458 e. The number of carbonyl (C=O) groups excluding carboxylic acids is 1. The van der Waals surface area contributed by atoms with Crippen LogP contribution in [0.5, 0.6) is 11.8 Å². The average Bonchev–Trinajstić information content (AvgIpc) is 2.86. The number of nitrogens with zero attached hydrogens (tertiary/aromatic N) is 3. The van der Waals surface area contributed by atoms with Gasteiger partial charge in [0.15, 0.2) is 5.69 Å². The number of imidazole rings is 1. The molecule has 2 aromatic heterocycles. The standard InChI is InChI=1S/C16H12F3N3O3/c1-25-11-7-12-21(8-10-5-3-2-4-6-10)13(14(23)16(17,18)19)15(24)22(12)9-20-11/h2-7,9H,8H2,1H3. The fourth-order valence-electron chi connectivity index (χ4n) is 2.49. The quantitative estimate of drug-likeness (QED) is 0.528. The number of rotatable bonds is 4. The predicted molar refractivity (Wildman–Crippen MR) is 77.3 cm³/mol. The van der Waals surface area contributed by atoms with Crippen molar-refractivity contribution in [2.45, 2.75) is 12.7 Å². The first-order valence-corrected chi connectivity index (χ1v) is 7.13. The number of Topliss-reactive ketones (excluding diaryl/α,β-unsaturated/α-hetero) is 1. The highest BCUT2D eigenvalue weighted by atomic mass is 19.4. The summed E-state index contributed by atoms with van der Waals surface area (Å²) in [5.74, 6) is -3.17. The lowest BCUT2D eigenvalue weighted by molar-refractivity contribution is -0.585. The molecule has 1 aromatic carbocycles. The van der Waals surface area contributed by atoms with Crippen molar-refractivity contribution < 1.29 is 32.2 Å².